The third-order valence-corrected chi connectivity index (χ3v) is 3.09. The third-order valence-electron chi connectivity index (χ3n) is 2.32. The van der Waals surface area contributed by atoms with Crippen LogP contribution in [0.5, 0.6) is 5.75 Å². The fraction of sp³-hybridized carbons (Fsp3) is 0.400. The number of benzene rings is 1. The van der Waals surface area contributed by atoms with Crippen LogP contribution in [-0.4, -0.2) is 12.1 Å². The first-order valence-corrected chi connectivity index (χ1v) is 5.26. The van der Waals surface area contributed by atoms with Crippen LogP contribution in [0.1, 0.15) is 12.8 Å². The van der Waals surface area contributed by atoms with Gasteiger partial charge in [0.05, 0.1) is 10.0 Å². The highest BCUT2D eigenvalue weighted by Crippen LogP contribution is 2.34. The van der Waals surface area contributed by atoms with Crippen molar-refractivity contribution in [3.8, 4) is 5.75 Å². The predicted molar refractivity (Wildman–Crippen MR) is 63.0 cm³/mol. The van der Waals surface area contributed by atoms with Gasteiger partial charge in [-0.25, -0.2) is 4.39 Å². The highest BCUT2D eigenvalue weighted by Gasteiger charge is 2.39. The SMILES string of the molecule is Cl.NC1(COc2cccc(F)c2Br)CC1. The van der Waals surface area contributed by atoms with E-state index in [1.807, 2.05) is 0 Å². The zero-order valence-electron chi connectivity index (χ0n) is 8.00. The van der Waals surface area contributed by atoms with E-state index in [9.17, 15) is 4.39 Å². The van der Waals surface area contributed by atoms with Crippen LogP contribution in [0.2, 0.25) is 0 Å². The van der Waals surface area contributed by atoms with E-state index in [1.54, 1.807) is 12.1 Å². The van der Waals surface area contributed by atoms with E-state index >= 15 is 0 Å². The molecule has 1 aromatic carbocycles. The third kappa shape index (κ3) is 3.06. The van der Waals surface area contributed by atoms with E-state index in [-0.39, 0.29) is 23.8 Å². The normalized spacial score (nSPS) is 16.7. The molecular weight excluding hydrogens is 284 g/mol. The maximum atomic E-state index is 13.1. The molecule has 0 aromatic heterocycles. The molecule has 2 rings (SSSR count). The fourth-order valence-corrected chi connectivity index (χ4v) is 1.50. The van der Waals surface area contributed by atoms with Crippen LogP contribution in [0.15, 0.2) is 22.7 Å². The summed E-state index contributed by atoms with van der Waals surface area (Å²) in [4.78, 5) is 0. The van der Waals surface area contributed by atoms with Crippen molar-refractivity contribution in [3.05, 3.63) is 28.5 Å². The summed E-state index contributed by atoms with van der Waals surface area (Å²) in [7, 11) is 0. The molecule has 0 heterocycles. The zero-order chi connectivity index (χ0) is 10.2. The van der Waals surface area contributed by atoms with Crippen LogP contribution in [-0.2, 0) is 0 Å². The average Bonchev–Trinajstić information content (AvgIpc) is 2.88. The predicted octanol–water partition coefficient (Wildman–Crippen LogP) is 2.88. The number of rotatable bonds is 3. The summed E-state index contributed by atoms with van der Waals surface area (Å²) >= 11 is 3.13. The van der Waals surface area contributed by atoms with Gasteiger partial charge in [0.15, 0.2) is 0 Å². The van der Waals surface area contributed by atoms with E-state index in [0.717, 1.165) is 12.8 Å². The topological polar surface area (TPSA) is 35.2 Å². The van der Waals surface area contributed by atoms with Crippen LogP contribution in [0.3, 0.4) is 0 Å². The summed E-state index contributed by atoms with van der Waals surface area (Å²) in [5.41, 5.74) is 5.67. The summed E-state index contributed by atoms with van der Waals surface area (Å²) in [5.74, 6) is 0.200. The van der Waals surface area contributed by atoms with Crippen molar-refractivity contribution < 1.29 is 9.13 Å². The van der Waals surface area contributed by atoms with Crippen LogP contribution >= 0.6 is 28.3 Å². The summed E-state index contributed by atoms with van der Waals surface area (Å²) in [6.07, 6.45) is 1.97. The standard InChI is InChI=1S/C10H11BrFNO.ClH/c11-9-7(12)2-1-3-8(9)14-6-10(13)4-5-10;/h1-3H,4-6,13H2;1H. The van der Waals surface area contributed by atoms with Gasteiger partial charge in [-0.3, -0.25) is 0 Å². The lowest BCUT2D eigenvalue weighted by molar-refractivity contribution is 0.276. The highest BCUT2D eigenvalue weighted by atomic mass is 79.9. The van der Waals surface area contributed by atoms with Gasteiger partial charge in [-0.1, -0.05) is 6.07 Å². The van der Waals surface area contributed by atoms with Crippen molar-refractivity contribution in [2.24, 2.45) is 5.73 Å². The Morgan fingerprint density at radius 2 is 2.13 bits per heavy atom. The summed E-state index contributed by atoms with van der Waals surface area (Å²) in [5, 5.41) is 0. The molecule has 0 atom stereocenters. The Balaban J connectivity index is 0.00000112. The molecule has 1 aromatic rings. The number of halogens is 3. The molecule has 0 unspecified atom stereocenters. The van der Waals surface area contributed by atoms with Gasteiger partial charge in [-0.2, -0.15) is 0 Å². The van der Waals surface area contributed by atoms with Crippen molar-refractivity contribution in [2.45, 2.75) is 18.4 Å². The van der Waals surface area contributed by atoms with Gasteiger partial charge in [0, 0.05) is 0 Å². The number of hydrogen-bond acceptors (Lipinski definition) is 2. The lowest BCUT2D eigenvalue weighted by Gasteiger charge is -2.12. The van der Waals surface area contributed by atoms with E-state index in [4.69, 9.17) is 10.5 Å². The van der Waals surface area contributed by atoms with Crippen LogP contribution < -0.4 is 10.5 Å². The van der Waals surface area contributed by atoms with Crippen molar-refractivity contribution in [2.75, 3.05) is 6.61 Å². The maximum Gasteiger partial charge on any atom is 0.141 e. The fourth-order valence-electron chi connectivity index (χ4n) is 1.12. The van der Waals surface area contributed by atoms with Gasteiger partial charge in [0.25, 0.3) is 0 Å². The van der Waals surface area contributed by atoms with E-state index in [2.05, 4.69) is 15.9 Å². The Labute approximate surface area is 103 Å². The molecule has 15 heavy (non-hydrogen) atoms. The molecule has 0 spiro atoms. The molecule has 1 saturated carbocycles. The molecule has 5 heteroatoms. The molecular formula is C10H12BrClFNO. The second kappa shape index (κ2) is 4.68. The largest absolute Gasteiger partial charge is 0.490 e. The first-order valence-electron chi connectivity index (χ1n) is 4.46. The van der Waals surface area contributed by atoms with Crippen molar-refractivity contribution >= 4 is 28.3 Å². The Morgan fingerprint density at radius 3 is 2.73 bits per heavy atom. The summed E-state index contributed by atoms with van der Waals surface area (Å²) in [6.45, 7) is 0.453. The van der Waals surface area contributed by atoms with Crippen LogP contribution in [0.4, 0.5) is 4.39 Å². The first-order chi connectivity index (χ1) is 6.61. The smallest absolute Gasteiger partial charge is 0.141 e. The van der Waals surface area contributed by atoms with Crippen LogP contribution in [0.25, 0.3) is 0 Å². The van der Waals surface area contributed by atoms with Crippen molar-refractivity contribution in [1.29, 1.82) is 0 Å². The number of ether oxygens (including phenoxy) is 1. The van der Waals surface area contributed by atoms with Crippen molar-refractivity contribution in [1.82, 2.24) is 0 Å². The molecule has 1 aliphatic rings. The Kier molecular flexibility index (Phi) is 3.98. The number of hydrogen-bond donors (Lipinski definition) is 1. The highest BCUT2D eigenvalue weighted by molar-refractivity contribution is 9.10. The molecule has 0 amide bonds. The Bertz CT molecular complexity index is 357. The van der Waals surface area contributed by atoms with E-state index in [0.29, 0.717) is 16.8 Å². The lowest BCUT2D eigenvalue weighted by Crippen LogP contribution is -2.29. The minimum Gasteiger partial charge on any atom is -0.490 e. The molecule has 0 saturated heterocycles. The lowest BCUT2D eigenvalue weighted by atomic mass is 10.3. The Morgan fingerprint density at radius 1 is 1.47 bits per heavy atom. The Hall–Kier alpha value is -0.320. The van der Waals surface area contributed by atoms with Gasteiger partial charge in [-0.05, 0) is 40.9 Å². The zero-order valence-corrected chi connectivity index (χ0v) is 10.4. The molecule has 84 valence electrons. The molecule has 2 N–H and O–H groups in total. The average molecular weight is 297 g/mol. The summed E-state index contributed by atoms with van der Waals surface area (Å²) in [6, 6.07) is 4.72. The second-order valence-corrected chi connectivity index (χ2v) is 4.50. The van der Waals surface area contributed by atoms with E-state index < -0.39 is 0 Å². The second-order valence-electron chi connectivity index (χ2n) is 3.70. The molecule has 0 radical (unpaired) electrons. The molecule has 0 aliphatic heterocycles. The molecule has 1 aliphatic carbocycles. The molecule has 2 nitrogen and oxygen atoms in total. The van der Waals surface area contributed by atoms with E-state index in [1.165, 1.54) is 6.07 Å². The van der Waals surface area contributed by atoms with Gasteiger partial charge in [0.2, 0.25) is 0 Å². The quantitative estimate of drug-likeness (QED) is 0.931. The van der Waals surface area contributed by atoms with Gasteiger partial charge < -0.3 is 10.5 Å². The van der Waals surface area contributed by atoms with Crippen LogP contribution in [0, 0.1) is 5.82 Å². The first kappa shape index (κ1) is 12.7. The maximum absolute atomic E-state index is 13.1. The van der Waals surface area contributed by atoms with Gasteiger partial charge >= 0.3 is 0 Å². The minimum atomic E-state index is -0.315. The van der Waals surface area contributed by atoms with Gasteiger partial charge in [0.1, 0.15) is 18.2 Å². The van der Waals surface area contributed by atoms with Crippen molar-refractivity contribution in [3.63, 3.8) is 0 Å². The monoisotopic (exact) mass is 295 g/mol. The summed E-state index contributed by atoms with van der Waals surface area (Å²) < 4.78 is 18.9. The number of nitrogens with two attached hydrogens (primary N) is 1. The molecule has 1 fully saturated rings. The molecule has 0 bridgehead atoms. The van der Waals surface area contributed by atoms with Gasteiger partial charge in [-0.15, -0.1) is 12.4 Å². The minimum absolute atomic E-state index is 0.